The molecule has 2 N–H and O–H groups in total. The van der Waals surface area contributed by atoms with Gasteiger partial charge in [-0.3, -0.25) is 0 Å². The third-order valence-electron chi connectivity index (χ3n) is 2.91. The molecule has 0 aliphatic rings. The standard InChI is InChI=1S/C14H11Br2N3O/c15-10-4-2-1-3-9(10)8-19-14(17)7-11(18-19)12-5-6-13(16)20-12/h1-7H,8,17H2. The highest BCUT2D eigenvalue weighted by molar-refractivity contribution is 9.10. The van der Waals surface area contributed by atoms with Crippen LogP contribution in [-0.4, -0.2) is 9.78 Å². The van der Waals surface area contributed by atoms with Crippen LogP contribution in [0.15, 0.2) is 56.0 Å². The van der Waals surface area contributed by atoms with Crippen LogP contribution >= 0.6 is 31.9 Å². The highest BCUT2D eigenvalue weighted by Crippen LogP contribution is 2.26. The first-order valence-electron chi connectivity index (χ1n) is 5.96. The lowest BCUT2D eigenvalue weighted by Crippen LogP contribution is -2.06. The Morgan fingerprint density at radius 2 is 1.95 bits per heavy atom. The summed E-state index contributed by atoms with van der Waals surface area (Å²) in [6.07, 6.45) is 0. The van der Waals surface area contributed by atoms with Gasteiger partial charge in [0.05, 0.1) is 6.54 Å². The fraction of sp³-hybridized carbons (Fsp3) is 0.0714. The van der Waals surface area contributed by atoms with Crippen LogP contribution in [0.4, 0.5) is 5.82 Å². The maximum absolute atomic E-state index is 6.02. The van der Waals surface area contributed by atoms with E-state index < -0.39 is 0 Å². The first-order valence-corrected chi connectivity index (χ1v) is 7.54. The molecule has 0 aliphatic heterocycles. The average Bonchev–Trinajstić information content (AvgIpc) is 2.99. The number of furan rings is 1. The van der Waals surface area contributed by atoms with Gasteiger partial charge in [-0.2, -0.15) is 5.10 Å². The number of aromatic nitrogens is 2. The van der Waals surface area contributed by atoms with E-state index in [9.17, 15) is 0 Å². The lowest BCUT2D eigenvalue weighted by atomic mass is 10.2. The van der Waals surface area contributed by atoms with Gasteiger partial charge in [-0.25, -0.2) is 4.68 Å². The molecular formula is C14H11Br2N3O. The molecule has 0 aliphatic carbocycles. The Balaban J connectivity index is 1.92. The predicted octanol–water partition coefficient (Wildman–Crippen LogP) is 4.30. The number of benzene rings is 1. The summed E-state index contributed by atoms with van der Waals surface area (Å²) in [6.45, 7) is 0.606. The van der Waals surface area contributed by atoms with Crippen molar-refractivity contribution < 1.29 is 4.42 Å². The molecule has 2 aromatic heterocycles. The monoisotopic (exact) mass is 395 g/mol. The molecule has 1 aromatic carbocycles. The minimum absolute atomic E-state index is 0.600. The van der Waals surface area contributed by atoms with E-state index in [4.69, 9.17) is 10.2 Å². The van der Waals surface area contributed by atoms with Gasteiger partial charge in [-0.15, -0.1) is 0 Å². The van der Waals surface area contributed by atoms with E-state index in [0.717, 1.165) is 15.7 Å². The molecule has 0 saturated carbocycles. The summed E-state index contributed by atoms with van der Waals surface area (Å²) in [6, 6.07) is 13.5. The molecule has 0 bridgehead atoms. The van der Waals surface area contributed by atoms with Crippen LogP contribution in [-0.2, 0) is 6.54 Å². The molecule has 0 saturated heterocycles. The molecule has 102 valence electrons. The van der Waals surface area contributed by atoms with Crippen molar-refractivity contribution in [1.82, 2.24) is 9.78 Å². The number of hydrogen-bond acceptors (Lipinski definition) is 3. The van der Waals surface area contributed by atoms with Crippen molar-refractivity contribution >= 4 is 37.7 Å². The van der Waals surface area contributed by atoms with Gasteiger partial charge >= 0.3 is 0 Å². The number of nitrogen functional groups attached to an aromatic ring is 1. The highest BCUT2D eigenvalue weighted by Gasteiger charge is 2.11. The number of nitrogens with two attached hydrogens (primary N) is 1. The first-order chi connectivity index (χ1) is 9.63. The van der Waals surface area contributed by atoms with Gasteiger partial charge in [0.1, 0.15) is 11.5 Å². The minimum Gasteiger partial charge on any atom is -0.448 e. The zero-order chi connectivity index (χ0) is 14.1. The van der Waals surface area contributed by atoms with Crippen LogP contribution < -0.4 is 5.73 Å². The zero-order valence-electron chi connectivity index (χ0n) is 10.4. The second-order valence-corrected chi connectivity index (χ2v) is 5.94. The Bertz CT molecular complexity index is 748. The summed E-state index contributed by atoms with van der Waals surface area (Å²) in [7, 11) is 0. The second kappa shape index (κ2) is 5.46. The Morgan fingerprint density at radius 1 is 1.15 bits per heavy atom. The third-order valence-corrected chi connectivity index (χ3v) is 4.11. The van der Waals surface area contributed by atoms with Gasteiger partial charge in [0.15, 0.2) is 10.4 Å². The van der Waals surface area contributed by atoms with E-state index in [-0.39, 0.29) is 0 Å². The number of halogens is 2. The second-order valence-electron chi connectivity index (χ2n) is 4.31. The van der Waals surface area contributed by atoms with Crippen molar-refractivity contribution in [2.45, 2.75) is 6.54 Å². The summed E-state index contributed by atoms with van der Waals surface area (Å²) in [5.41, 5.74) is 7.86. The van der Waals surface area contributed by atoms with Gasteiger partial charge in [-0.1, -0.05) is 34.1 Å². The van der Waals surface area contributed by atoms with Crippen LogP contribution in [0.3, 0.4) is 0 Å². The fourth-order valence-corrected chi connectivity index (χ4v) is 2.63. The molecule has 6 heteroatoms. The largest absolute Gasteiger partial charge is 0.448 e. The molecule has 0 radical (unpaired) electrons. The quantitative estimate of drug-likeness (QED) is 0.717. The molecule has 0 spiro atoms. The van der Waals surface area contributed by atoms with Crippen LogP contribution in [0.5, 0.6) is 0 Å². The summed E-state index contributed by atoms with van der Waals surface area (Å²) >= 11 is 6.81. The van der Waals surface area contributed by atoms with E-state index in [1.165, 1.54) is 0 Å². The lowest BCUT2D eigenvalue weighted by molar-refractivity contribution is 0.551. The maximum Gasteiger partial charge on any atom is 0.169 e. The van der Waals surface area contributed by atoms with E-state index in [2.05, 4.69) is 37.0 Å². The molecule has 2 heterocycles. The van der Waals surface area contributed by atoms with Crippen molar-refractivity contribution in [2.75, 3.05) is 5.73 Å². The Labute approximate surface area is 132 Å². The van der Waals surface area contributed by atoms with Crippen LogP contribution in [0.25, 0.3) is 11.5 Å². The van der Waals surface area contributed by atoms with Gasteiger partial charge in [0, 0.05) is 10.5 Å². The molecule has 0 amide bonds. The van der Waals surface area contributed by atoms with Gasteiger partial charge in [0.25, 0.3) is 0 Å². The number of anilines is 1. The van der Waals surface area contributed by atoms with Crippen molar-refractivity contribution in [3.63, 3.8) is 0 Å². The topological polar surface area (TPSA) is 57.0 Å². The van der Waals surface area contributed by atoms with Gasteiger partial charge in [0.2, 0.25) is 0 Å². The minimum atomic E-state index is 0.600. The van der Waals surface area contributed by atoms with Crippen molar-refractivity contribution in [3.05, 3.63) is 57.2 Å². The molecule has 3 rings (SSSR count). The molecule has 4 nitrogen and oxygen atoms in total. The molecule has 0 fully saturated rings. The van der Waals surface area contributed by atoms with Crippen LogP contribution in [0.2, 0.25) is 0 Å². The van der Waals surface area contributed by atoms with E-state index in [0.29, 0.717) is 22.8 Å². The molecular weight excluding hydrogens is 386 g/mol. The maximum atomic E-state index is 6.02. The normalized spacial score (nSPS) is 10.9. The molecule has 0 atom stereocenters. The van der Waals surface area contributed by atoms with Gasteiger partial charge in [-0.05, 0) is 39.7 Å². The summed E-state index contributed by atoms with van der Waals surface area (Å²) in [4.78, 5) is 0. The first kappa shape index (κ1) is 13.5. The summed E-state index contributed by atoms with van der Waals surface area (Å²) in [5, 5.41) is 4.49. The SMILES string of the molecule is Nc1cc(-c2ccc(Br)o2)nn1Cc1ccccc1Br. The Kier molecular flexibility index (Phi) is 3.67. The van der Waals surface area contributed by atoms with E-state index in [1.807, 2.05) is 42.5 Å². The van der Waals surface area contributed by atoms with E-state index in [1.54, 1.807) is 4.68 Å². The average molecular weight is 397 g/mol. The Morgan fingerprint density at radius 3 is 2.65 bits per heavy atom. The molecule has 20 heavy (non-hydrogen) atoms. The predicted molar refractivity (Wildman–Crippen MR) is 85.3 cm³/mol. The third kappa shape index (κ3) is 2.66. The summed E-state index contributed by atoms with van der Waals surface area (Å²) in [5.74, 6) is 1.29. The van der Waals surface area contributed by atoms with Crippen molar-refractivity contribution in [2.24, 2.45) is 0 Å². The van der Waals surface area contributed by atoms with Crippen LogP contribution in [0, 0.1) is 0 Å². The van der Waals surface area contributed by atoms with Gasteiger partial charge < -0.3 is 10.2 Å². The Hall–Kier alpha value is -1.53. The smallest absolute Gasteiger partial charge is 0.169 e. The lowest BCUT2D eigenvalue weighted by Gasteiger charge is -2.06. The fourth-order valence-electron chi connectivity index (χ4n) is 1.92. The molecule has 3 aromatic rings. The molecule has 0 unspecified atom stereocenters. The van der Waals surface area contributed by atoms with Crippen LogP contribution in [0.1, 0.15) is 5.56 Å². The van der Waals surface area contributed by atoms with E-state index >= 15 is 0 Å². The van der Waals surface area contributed by atoms with Crippen molar-refractivity contribution in [1.29, 1.82) is 0 Å². The highest BCUT2D eigenvalue weighted by atomic mass is 79.9. The number of hydrogen-bond donors (Lipinski definition) is 1. The van der Waals surface area contributed by atoms with Crippen molar-refractivity contribution in [3.8, 4) is 11.5 Å². The zero-order valence-corrected chi connectivity index (χ0v) is 13.6. The number of nitrogens with zero attached hydrogens (tertiary/aromatic N) is 2. The summed E-state index contributed by atoms with van der Waals surface area (Å²) < 4.78 is 8.96. The number of rotatable bonds is 3.